The van der Waals surface area contributed by atoms with Crippen LogP contribution in [0.5, 0.6) is 34.5 Å². The van der Waals surface area contributed by atoms with Gasteiger partial charge in [-0.05, 0) is 32.0 Å². The quantitative estimate of drug-likeness (QED) is 0.117. The van der Waals surface area contributed by atoms with Crippen LogP contribution in [-0.4, -0.2) is 115 Å². The molecule has 10 atom stereocenters. The number of hydrogen-bond donors (Lipinski definition) is 8. The van der Waals surface area contributed by atoms with Crippen molar-refractivity contribution >= 4 is 16.9 Å². The number of methoxy groups -OCH3 is 1. The van der Waals surface area contributed by atoms with E-state index in [9.17, 15) is 50.4 Å². The Morgan fingerprint density at radius 3 is 2.04 bits per heavy atom. The fourth-order valence-electron chi connectivity index (χ4n) is 5.29. The van der Waals surface area contributed by atoms with Crippen LogP contribution < -0.4 is 19.6 Å². The molecule has 0 aliphatic carbocycles. The van der Waals surface area contributed by atoms with Crippen LogP contribution in [0.3, 0.4) is 0 Å². The zero-order chi connectivity index (χ0) is 34.5. The minimum atomic E-state index is -1.85. The van der Waals surface area contributed by atoms with Gasteiger partial charge in [0.1, 0.15) is 41.5 Å². The van der Waals surface area contributed by atoms with Crippen molar-refractivity contribution in [3.63, 3.8) is 0 Å². The van der Waals surface area contributed by atoms with E-state index in [4.69, 9.17) is 32.8 Å². The van der Waals surface area contributed by atoms with Crippen LogP contribution in [0.25, 0.3) is 22.3 Å². The summed E-state index contributed by atoms with van der Waals surface area (Å²) in [5.74, 6) is -4.63. The molecule has 2 aliphatic heterocycles. The van der Waals surface area contributed by atoms with E-state index in [2.05, 4.69) is 0 Å². The number of fused-ring (bicyclic) bond motifs is 1. The Balaban J connectivity index is 1.67. The highest BCUT2D eigenvalue weighted by Gasteiger charge is 2.47. The van der Waals surface area contributed by atoms with Crippen LogP contribution in [0.2, 0.25) is 0 Å². The number of rotatable bonds is 7. The van der Waals surface area contributed by atoms with Gasteiger partial charge >= 0.3 is 5.97 Å². The van der Waals surface area contributed by atoms with Crippen LogP contribution in [0.1, 0.15) is 20.8 Å². The number of esters is 1. The Bertz CT molecular complexity index is 1700. The molecule has 17 nitrogen and oxygen atoms in total. The lowest BCUT2D eigenvalue weighted by atomic mass is 9.99. The summed E-state index contributed by atoms with van der Waals surface area (Å²) in [5, 5.41) is 82.6. The van der Waals surface area contributed by atoms with Gasteiger partial charge in [-0.3, -0.25) is 9.59 Å². The first kappa shape index (κ1) is 34.0. The highest BCUT2D eigenvalue weighted by Crippen LogP contribution is 2.46. The van der Waals surface area contributed by atoms with Crippen molar-refractivity contribution in [3.8, 4) is 45.8 Å². The minimum Gasteiger partial charge on any atom is -0.504 e. The summed E-state index contributed by atoms with van der Waals surface area (Å²) in [6.45, 7) is 3.88. The number of phenolic OH excluding ortho intramolecular Hbond substituents is 3. The number of carbonyl (C=O) groups is 1. The first-order valence-corrected chi connectivity index (χ1v) is 14.3. The number of hydrogen-bond acceptors (Lipinski definition) is 17. The summed E-state index contributed by atoms with van der Waals surface area (Å²) < 4.78 is 39.1. The standard InChI is InChI=1S/C30H34O17/c1-9-18(34)22(38)24(40)29(42-9)47-27-21(37)17-15(45-25(27)12-5-6-13(32)14(33)7-12)8-16(26(41-4)20(17)36)46-30-28(44-11(3)31)23(39)19(35)10(2)43-30/h5-10,18-19,22-24,28-30,32-36,38-40H,1-4H3/t9-,10+,18+,19+,22+,23+,24+,28-,29+,30-/m1/s1. The Labute approximate surface area is 265 Å². The van der Waals surface area contributed by atoms with Crippen LogP contribution in [0.15, 0.2) is 33.5 Å². The number of carbonyl (C=O) groups excluding carboxylic acids is 1. The fraction of sp³-hybridized carbons (Fsp3) is 0.467. The van der Waals surface area contributed by atoms with Gasteiger partial charge in [-0.15, -0.1) is 0 Å². The van der Waals surface area contributed by atoms with E-state index in [1.54, 1.807) is 0 Å². The van der Waals surface area contributed by atoms with E-state index in [1.165, 1.54) is 19.9 Å². The lowest BCUT2D eigenvalue weighted by molar-refractivity contribution is -0.273. The molecule has 0 bridgehead atoms. The summed E-state index contributed by atoms with van der Waals surface area (Å²) in [6.07, 6.45) is -15.1. The van der Waals surface area contributed by atoms with Gasteiger partial charge < -0.3 is 73.7 Å². The molecule has 2 aromatic carbocycles. The van der Waals surface area contributed by atoms with Gasteiger partial charge in [0.25, 0.3) is 0 Å². The van der Waals surface area contributed by atoms with Crippen molar-refractivity contribution in [1.82, 2.24) is 0 Å². The van der Waals surface area contributed by atoms with E-state index in [0.29, 0.717) is 0 Å². The SMILES string of the molecule is COc1c(O[C@H]2O[C@@H](C)[C@H](O)[C@H](O)[C@H]2OC(C)=O)cc2oc(-c3ccc(O)c(O)c3)c(O[C@@H]3O[C@H](C)[C@H](O)[C@H](O)[C@@H]3O)c(=O)c2c1O. The molecule has 3 aromatic rings. The average molecular weight is 667 g/mol. The second kappa shape index (κ2) is 13.0. The molecular weight excluding hydrogens is 632 g/mol. The summed E-state index contributed by atoms with van der Waals surface area (Å²) in [4.78, 5) is 25.8. The molecule has 0 radical (unpaired) electrons. The van der Waals surface area contributed by atoms with Crippen LogP contribution in [-0.2, 0) is 19.0 Å². The van der Waals surface area contributed by atoms with Crippen molar-refractivity contribution in [2.24, 2.45) is 0 Å². The summed E-state index contributed by atoms with van der Waals surface area (Å²) >= 11 is 0. The lowest BCUT2D eigenvalue weighted by Gasteiger charge is -2.40. The van der Waals surface area contributed by atoms with Crippen molar-refractivity contribution in [3.05, 3.63) is 34.5 Å². The van der Waals surface area contributed by atoms with Gasteiger partial charge in [-0.25, -0.2) is 0 Å². The molecule has 0 amide bonds. The van der Waals surface area contributed by atoms with E-state index in [-0.39, 0.29) is 16.9 Å². The van der Waals surface area contributed by atoms with Gasteiger partial charge in [0, 0.05) is 18.6 Å². The average Bonchev–Trinajstić information content (AvgIpc) is 3.01. The lowest BCUT2D eigenvalue weighted by Crippen LogP contribution is -2.59. The van der Waals surface area contributed by atoms with Crippen LogP contribution >= 0.6 is 0 Å². The Morgan fingerprint density at radius 1 is 0.787 bits per heavy atom. The molecule has 2 saturated heterocycles. The molecular formula is C30H34O17. The summed E-state index contributed by atoms with van der Waals surface area (Å²) in [6, 6.07) is 4.47. The summed E-state index contributed by atoms with van der Waals surface area (Å²) in [7, 11) is 1.13. The molecule has 0 spiro atoms. The van der Waals surface area contributed by atoms with Gasteiger partial charge in [-0.1, -0.05) is 0 Å². The van der Waals surface area contributed by atoms with E-state index < -0.39 is 113 Å². The topological polar surface area (TPSA) is 264 Å². The second-order valence-corrected chi connectivity index (χ2v) is 11.1. The molecule has 256 valence electrons. The van der Waals surface area contributed by atoms with E-state index >= 15 is 0 Å². The first-order valence-electron chi connectivity index (χ1n) is 14.3. The molecule has 47 heavy (non-hydrogen) atoms. The fourth-order valence-corrected chi connectivity index (χ4v) is 5.29. The molecule has 3 heterocycles. The maximum Gasteiger partial charge on any atom is 0.303 e. The Morgan fingerprint density at radius 2 is 1.43 bits per heavy atom. The first-order chi connectivity index (χ1) is 22.1. The van der Waals surface area contributed by atoms with Crippen molar-refractivity contribution in [2.75, 3.05) is 7.11 Å². The van der Waals surface area contributed by atoms with Crippen LogP contribution in [0, 0.1) is 0 Å². The van der Waals surface area contributed by atoms with Gasteiger partial charge in [0.05, 0.1) is 19.3 Å². The molecule has 5 rings (SSSR count). The third-order valence-corrected chi connectivity index (χ3v) is 7.85. The van der Waals surface area contributed by atoms with E-state index in [0.717, 1.165) is 32.2 Å². The largest absolute Gasteiger partial charge is 0.504 e. The third-order valence-electron chi connectivity index (χ3n) is 7.85. The number of aromatic hydroxyl groups is 3. The number of aliphatic hydroxyl groups excluding tert-OH is 5. The normalized spacial score (nSPS) is 30.9. The Hall–Kier alpha value is -4.36. The smallest absolute Gasteiger partial charge is 0.303 e. The molecule has 8 N–H and O–H groups in total. The van der Waals surface area contributed by atoms with Gasteiger partial charge in [0.15, 0.2) is 34.9 Å². The van der Waals surface area contributed by atoms with Gasteiger partial charge in [-0.2, -0.15) is 0 Å². The molecule has 2 fully saturated rings. The minimum absolute atomic E-state index is 0.0394. The monoisotopic (exact) mass is 666 g/mol. The zero-order valence-electron chi connectivity index (χ0n) is 25.3. The molecule has 2 aliphatic rings. The van der Waals surface area contributed by atoms with E-state index in [1.807, 2.05) is 0 Å². The Kier molecular flexibility index (Phi) is 9.43. The number of ether oxygens (including phenoxy) is 6. The third kappa shape index (κ3) is 6.21. The maximum absolute atomic E-state index is 14.0. The molecule has 17 heteroatoms. The molecule has 0 unspecified atom stereocenters. The number of benzene rings is 2. The molecule has 0 saturated carbocycles. The number of phenols is 3. The second-order valence-electron chi connectivity index (χ2n) is 11.1. The highest BCUT2D eigenvalue weighted by atomic mass is 16.7. The van der Waals surface area contributed by atoms with Crippen molar-refractivity contribution in [1.29, 1.82) is 0 Å². The molecule has 1 aromatic heterocycles. The van der Waals surface area contributed by atoms with Crippen molar-refractivity contribution in [2.45, 2.75) is 82.2 Å². The predicted molar refractivity (Wildman–Crippen MR) is 155 cm³/mol. The van der Waals surface area contributed by atoms with Gasteiger partial charge in [0.2, 0.25) is 29.5 Å². The number of aliphatic hydroxyl groups is 5. The predicted octanol–water partition coefficient (Wildman–Crippen LogP) is -0.431. The zero-order valence-corrected chi connectivity index (χ0v) is 25.3. The van der Waals surface area contributed by atoms with Crippen LogP contribution in [0.4, 0.5) is 0 Å². The maximum atomic E-state index is 14.0. The summed E-state index contributed by atoms with van der Waals surface area (Å²) in [5.41, 5.74) is -1.46. The van der Waals surface area contributed by atoms with Crippen molar-refractivity contribution < 1.29 is 78.5 Å². The highest BCUT2D eigenvalue weighted by molar-refractivity contribution is 5.91.